The molecule has 4 nitrogen and oxygen atoms in total. The van der Waals surface area contributed by atoms with Crippen LogP contribution in [0.15, 0.2) is 53.5 Å². The molecule has 0 aliphatic heterocycles. The molecule has 132 valence electrons. The van der Waals surface area contributed by atoms with Gasteiger partial charge in [0.25, 0.3) is 0 Å². The van der Waals surface area contributed by atoms with Crippen LogP contribution in [0.3, 0.4) is 0 Å². The van der Waals surface area contributed by atoms with Crippen molar-refractivity contribution in [1.82, 2.24) is 9.55 Å². The zero-order valence-electron chi connectivity index (χ0n) is 14.1. The van der Waals surface area contributed by atoms with Gasteiger partial charge in [-0.3, -0.25) is 4.79 Å². The summed E-state index contributed by atoms with van der Waals surface area (Å²) in [6.45, 7) is 1.28. The summed E-state index contributed by atoms with van der Waals surface area (Å²) in [6, 6.07) is 12.1. The quantitative estimate of drug-likeness (QED) is 0.539. The van der Waals surface area contributed by atoms with E-state index in [0.717, 1.165) is 23.1 Å². The maximum atomic E-state index is 13.8. The number of para-hydroxylation sites is 1. The molecular formula is C20H18FN3OS. The van der Waals surface area contributed by atoms with Gasteiger partial charge in [0.1, 0.15) is 10.8 Å². The van der Waals surface area contributed by atoms with Crippen LogP contribution in [0, 0.1) is 5.82 Å². The highest BCUT2D eigenvalue weighted by molar-refractivity contribution is 7.21. The van der Waals surface area contributed by atoms with E-state index in [1.807, 2.05) is 28.8 Å². The Morgan fingerprint density at radius 3 is 2.81 bits per heavy atom. The van der Waals surface area contributed by atoms with E-state index in [1.54, 1.807) is 12.3 Å². The van der Waals surface area contributed by atoms with Gasteiger partial charge in [-0.1, -0.05) is 12.1 Å². The summed E-state index contributed by atoms with van der Waals surface area (Å²) in [4.78, 5) is 17.6. The lowest BCUT2D eigenvalue weighted by molar-refractivity contribution is 0.615. The second-order valence-corrected chi connectivity index (χ2v) is 7.24. The number of nitrogens with zero attached hydrogens (tertiary/aromatic N) is 2. The van der Waals surface area contributed by atoms with Crippen LogP contribution in [-0.4, -0.2) is 16.1 Å². The monoisotopic (exact) mass is 367 g/mol. The molecule has 2 aromatic heterocycles. The first-order valence-electron chi connectivity index (χ1n) is 8.56. The first-order chi connectivity index (χ1) is 12.7. The Morgan fingerprint density at radius 1 is 1.15 bits per heavy atom. The molecule has 0 spiro atoms. The Bertz CT molecular complexity index is 1120. The predicted octanol–water partition coefficient (Wildman–Crippen LogP) is 4.16. The predicted molar refractivity (Wildman–Crippen MR) is 105 cm³/mol. The highest BCUT2D eigenvalue weighted by atomic mass is 32.1. The molecule has 0 radical (unpaired) electrons. The molecule has 4 aromatic rings. The molecule has 0 saturated heterocycles. The number of aryl methyl sites for hydroxylation is 1. The largest absolute Gasteiger partial charge is 0.346 e. The number of hydrogen-bond donors (Lipinski definition) is 1. The Labute approximate surface area is 153 Å². The van der Waals surface area contributed by atoms with E-state index in [1.165, 1.54) is 23.5 Å². The van der Waals surface area contributed by atoms with Crippen molar-refractivity contribution in [3.8, 4) is 10.6 Å². The standard InChI is InChI=1S/C20H18FN3OS/c21-13-7-8-14-17(11-13)24(10-4-3-9-22)12-15(19(14)25)20-23-16-5-1-2-6-18(16)26-20/h1-2,5-8,11-12H,3-4,9-10,22H2. The number of thiazole rings is 1. The summed E-state index contributed by atoms with van der Waals surface area (Å²) >= 11 is 1.49. The minimum Gasteiger partial charge on any atom is -0.346 e. The smallest absolute Gasteiger partial charge is 0.199 e. The van der Waals surface area contributed by atoms with E-state index in [9.17, 15) is 9.18 Å². The maximum absolute atomic E-state index is 13.8. The zero-order valence-corrected chi connectivity index (χ0v) is 14.9. The van der Waals surface area contributed by atoms with Crippen LogP contribution in [-0.2, 0) is 6.54 Å². The van der Waals surface area contributed by atoms with Crippen LogP contribution < -0.4 is 11.2 Å². The number of hydrogen-bond acceptors (Lipinski definition) is 4. The van der Waals surface area contributed by atoms with E-state index in [0.29, 0.717) is 34.6 Å². The molecule has 2 aromatic carbocycles. The van der Waals surface area contributed by atoms with Crippen molar-refractivity contribution in [2.45, 2.75) is 19.4 Å². The second kappa shape index (κ2) is 6.97. The van der Waals surface area contributed by atoms with Gasteiger partial charge in [0.2, 0.25) is 0 Å². The van der Waals surface area contributed by atoms with Crippen LogP contribution in [0.2, 0.25) is 0 Å². The number of nitrogens with two attached hydrogens (primary N) is 1. The summed E-state index contributed by atoms with van der Waals surface area (Å²) in [5.74, 6) is -0.350. The number of pyridine rings is 1. The van der Waals surface area contributed by atoms with E-state index >= 15 is 0 Å². The van der Waals surface area contributed by atoms with Gasteiger partial charge in [-0.25, -0.2) is 9.37 Å². The molecular weight excluding hydrogens is 349 g/mol. The molecule has 0 aliphatic rings. The molecule has 0 unspecified atom stereocenters. The van der Waals surface area contributed by atoms with Gasteiger partial charge in [0.05, 0.1) is 21.3 Å². The van der Waals surface area contributed by atoms with Gasteiger partial charge in [0, 0.05) is 18.1 Å². The lowest BCUT2D eigenvalue weighted by atomic mass is 10.1. The Hall–Kier alpha value is -2.57. The SMILES string of the molecule is NCCCCn1cc(-c2nc3ccccc3s2)c(=O)c2ccc(F)cc21. The van der Waals surface area contributed by atoms with E-state index < -0.39 is 0 Å². The molecule has 0 atom stereocenters. The number of halogens is 1. The van der Waals surface area contributed by atoms with Gasteiger partial charge < -0.3 is 10.3 Å². The second-order valence-electron chi connectivity index (χ2n) is 6.21. The van der Waals surface area contributed by atoms with Gasteiger partial charge in [-0.15, -0.1) is 11.3 Å². The summed E-state index contributed by atoms with van der Waals surface area (Å²) in [5, 5.41) is 1.20. The average molecular weight is 367 g/mol. The van der Waals surface area contributed by atoms with Crippen LogP contribution >= 0.6 is 11.3 Å². The summed E-state index contributed by atoms with van der Waals surface area (Å²) in [7, 11) is 0. The Morgan fingerprint density at radius 2 is 2.00 bits per heavy atom. The zero-order chi connectivity index (χ0) is 18.1. The van der Waals surface area contributed by atoms with E-state index in [2.05, 4.69) is 4.98 Å². The van der Waals surface area contributed by atoms with Crippen molar-refractivity contribution >= 4 is 32.5 Å². The van der Waals surface area contributed by atoms with Gasteiger partial charge in [-0.2, -0.15) is 0 Å². The number of fused-ring (bicyclic) bond motifs is 2. The number of rotatable bonds is 5. The third-order valence-corrected chi connectivity index (χ3v) is 5.49. The molecule has 0 bridgehead atoms. The molecule has 4 rings (SSSR count). The Balaban J connectivity index is 1.92. The molecule has 6 heteroatoms. The van der Waals surface area contributed by atoms with Crippen molar-refractivity contribution in [3.63, 3.8) is 0 Å². The van der Waals surface area contributed by atoms with Crippen molar-refractivity contribution in [2.24, 2.45) is 5.73 Å². The number of benzene rings is 2. The van der Waals surface area contributed by atoms with Gasteiger partial charge in [0.15, 0.2) is 5.43 Å². The summed E-state index contributed by atoms with van der Waals surface area (Å²) < 4.78 is 16.7. The topological polar surface area (TPSA) is 60.9 Å². The fourth-order valence-corrected chi connectivity index (χ4v) is 4.09. The maximum Gasteiger partial charge on any atom is 0.199 e. The van der Waals surface area contributed by atoms with Crippen molar-refractivity contribution in [3.05, 3.63) is 64.7 Å². The minimum absolute atomic E-state index is 0.117. The van der Waals surface area contributed by atoms with Crippen molar-refractivity contribution in [2.75, 3.05) is 6.54 Å². The van der Waals surface area contributed by atoms with Gasteiger partial charge >= 0.3 is 0 Å². The molecule has 0 fully saturated rings. The van der Waals surface area contributed by atoms with Crippen LogP contribution in [0.4, 0.5) is 4.39 Å². The van der Waals surface area contributed by atoms with Crippen molar-refractivity contribution in [1.29, 1.82) is 0 Å². The highest BCUT2D eigenvalue weighted by Crippen LogP contribution is 2.29. The Kier molecular flexibility index (Phi) is 4.53. The molecule has 2 N–H and O–H groups in total. The minimum atomic E-state index is -0.350. The number of aromatic nitrogens is 2. The van der Waals surface area contributed by atoms with E-state index in [4.69, 9.17) is 5.73 Å². The average Bonchev–Trinajstić information content (AvgIpc) is 3.07. The fourth-order valence-electron chi connectivity index (χ4n) is 3.11. The molecule has 0 amide bonds. The number of unbranched alkanes of at least 4 members (excludes halogenated alkanes) is 1. The van der Waals surface area contributed by atoms with Crippen LogP contribution in [0.1, 0.15) is 12.8 Å². The van der Waals surface area contributed by atoms with Crippen LogP contribution in [0.25, 0.3) is 31.7 Å². The first-order valence-corrected chi connectivity index (χ1v) is 9.38. The van der Waals surface area contributed by atoms with E-state index in [-0.39, 0.29) is 11.2 Å². The van der Waals surface area contributed by atoms with Gasteiger partial charge in [-0.05, 0) is 49.7 Å². The van der Waals surface area contributed by atoms with Crippen LogP contribution in [0.5, 0.6) is 0 Å². The molecule has 2 heterocycles. The lowest BCUT2D eigenvalue weighted by Gasteiger charge is -2.12. The fraction of sp³-hybridized carbons (Fsp3) is 0.200. The molecule has 26 heavy (non-hydrogen) atoms. The molecule has 0 aliphatic carbocycles. The summed E-state index contributed by atoms with van der Waals surface area (Å²) in [6.07, 6.45) is 3.54. The third-order valence-electron chi connectivity index (χ3n) is 4.42. The summed E-state index contributed by atoms with van der Waals surface area (Å²) in [5.41, 5.74) is 7.51. The first kappa shape index (κ1) is 16.9. The molecule has 0 saturated carbocycles. The van der Waals surface area contributed by atoms with Crippen molar-refractivity contribution < 1.29 is 4.39 Å². The lowest BCUT2D eigenvalue weighted by Crippen LogP contribution is -2.13. The highest BCUT2D eigenvalue weighted by Gasteiger charge is 2.15. The third kappa shape index (κ3) is 3.02. The normalized spacial score (nSPS) is 11.5.